The normalized spacial score (nSPS) is 13.6. The molecule has 0 fully saturated rings. The number of ether oxygens (including phenoxy) is 1. The summed E-state index contributed by atoms with van der Waals surface area (Å²) in [6.07, 6.45) is 1.19. The molecule has 1 atom stereocenters. The number of nitrogens with zero attached hydrogens (tertiary/aromatic N) is 1. The van der Waals surface area contributed by atoms with Gasteiger partial charge in [0.15, 0.2) is 0 Å². The van der Waals surface area contributed by atoms with Crippen molar-refractivity contribution in [3.05, 3.63) is 0 Å². The van der Waals surface area contributed by atoms with Gasteiger partial charge in [0.25, 0.3) is 0 Å². The predicted octanol–water partition coefficient (Wildman–Crippen LogP) is 0.953. The van der Waals surface area contributed by atoms with Gasteiger partial charge >= 0.3 is 0 Å². The fourth-order valence-corrected chi connectivity index (χ4v) is 1.03. The van der Waals surface area contributed by atoms with Crippen molar-refractivity contribution in [3.8, 4) is 0 Å². The van der Waals surface area contributed by atoms with Gasteiger partial charge in [-0.3, -0.25) is 0 Å². The van der Waals surface area contributed by atoms with Gasteiger partial charge in [-0.2, -0.15) is 0 Å². The molecule has 0 aromatic carbocycles. The molecule has 0 spiro atoms. The average molecular weight is 188 g/mol. The molecule has 0 aliphatic carbocycles. The van der Waals surface area contributed by atoms with E-state index in [1.807, 2.05) is 14.0 Å². The van der Waals surface area contributed by atoms with E-state index in [1.54, 1.807) is 0 Å². The van der Waals surface area contributed by atoms with E-state index in [4.69, 9.17) is 4.74 Å². The quantitative estimate of drug-likeness (QED) is 0.574. The number of rotatable bonds is 8. The SMILES string of the molecule is CCOCCN(C)CCC(C)NC. The molecule has 0 radical (unpaired) electrons. The Morgan fingerprint density at radius 2 is 2.08 bits per heavy atom. The average Bonchev–Trinajstić information content (AvgIpc) is 2.14. The highest BCUT2D eigenvalue weighted by molar-refractivity contribution is 4.60. The molecule has 3 nitrogen and oxygen atoms in total. The second-order valence-corrected chi connectivity index (χ2v) is 3.48. The Balaban J connectivity index is 3.24. The molecule has 3 heteroatoms. The lowest BCUT2D eigenvalue weighted by molar-refractivity contribution is 0.121. The summed E-state index contributed by atoms with van der Waals surface area (Å²) in [4.78, 5) is 2.31. The van der Waals surface area contributed by atoms with Crippen molar-refractivity contribution in [3.63, 3.8) is 0 Å². The number of hydrogen-bond acceptors (Lipinski definition) is 3. The summed E-state index contributed by atoms with van der Waals surface area (Å²) < 4.78 is 5.28. The lowest BCUT2D eigenvalue weighted by atomic mass is 10.2. The van der Waals surface area contributed by atoms with Gasteiger partial charge in [0.05, 0.1) is 6.61 Å². The number of nitrogens with one attached hydrogen (secondary N) is 1. The minimum Gasteiger partial charge on any atom is -0.380 e. The Morgan fingerprint density at radius 1 is 1.38 bits per heavy atom. The topological polar surface area (TPSA) is 24.5 Å². The summed E-state index contributed by atoms with van der Waals surface area (Å²) in [5.74, 6) is 0. The minimum atomic E-state index is 0.606. The van der Waals surface area contributed by atoms with Gasteiger partial charge in [0.2, 0.25) is 0 Å². The number of likely N-dealkylation sites (N-methyl/N-ethyl adjacent to an activating group) is 1. The van der Waals surface area contributed by atoms with Gasteiger partial charge in [0.1, 0.15) is 0 Å². The second-order valence-electron chi connectivity index (χ2n) is 3.48. The molecule has 0 aliphatic heterocycles. The molecule has 0 saturated carbocycles. The van der Waals surface area contributed by atoms with E-state index in [9.17, 15) is 0 Å². The first-order chi connectivity index (χ1) is 6.20. The summed E-state index contributed by atoms with van der Waals surface area (Å²) >= 11 is 0. The first-order valence-corrected chi connectivity index (χ1v) is 5.14. The zero-order valence-electron chi connectivity index (χ0n) is 9.47. The molecule has 0 bridgehead atoms. The monoisotopic (exact) mass is 188 g/mol. The van der Waals surface area contributed by atoms with Crippen LogP contribution in [0.5, 0.6) is 0 Å². The maximum Gasteiger partial charge on any atom is 0.0593 e. The third-order valence-electron chi connectivity index (χ3n) is 2.26. The van der Waals surface area contributed by atoms with Crippen molar-refractivity contribution in [2.75, 3.05) is 40.4 Å². The first kappa shape index (κ1) is 12.9. The van der Waals surface area contributed by atoms with Crippen molar-refractivity contribution in [1.29, 1.82) is 0 Å². The fraction of sp³-hybridized carbons (Fsp3) is 1.00. The van der Waals surface area contributed by atoms with Gasteiger partial charge in [-0.25, -0.2) is 0 Å². The van der Waals surface area contributed by atoms with Crippen molar-refractivity contribution in [1.82, 2.24) is 10.2 Å². The van der Waals surface area contributed by atoms with Gasteiger partial charge in [-0.1, -0.05) is 0 Å². The van der Waals surface area contributed by atoms with Crippen molar-refractivity contribution < 1.29 is 4.74 Å². The summed E-state index contributed by atoms with van der Waals surface area (Å²) in [6, 6.07) is 0.606. The van der Waals surface area contributed by atoms with Crippen molar-refractivity contribution in [2.24, 2.45) is 0 Å². The highest BCUT2D eigenvalue weighted by Crippen LogP contribution is 1.92. The van der Waals surface area contributed by atoms with Gasteiger partial charge in [-0.05, 0) is 40.9 Å². The molecule has 0 aliphatic rings. The van der Waals surface area contributed by atoms with E-state index in [0.717, 1.165) is 26.3 Å². The molecule has 0 rings (SSSR count). The Morgan fingerprint density at radius 3 is 2.62 bits per heavy atom. The first-order valence-electron chi connectivity index (χ1n) is 5.14. The zero-order valence-corrected chi connectivity index (χ0v) is 9.47. The Hall–Kier alpha value is -0.120. The molecular weight excluding hydrogens is 164 g/mol. The fourth-order valence-electron chi connectivity index (χ4n) is 1.03. The number of hydrogen-bond donors (Lipinski definition) is 1. The van der Waals surface area contributed by atoms with Crippen LogP contribution in [0, 0.1) is 0 Å². The van der Waals surface area contributed by atoms with Gasteiger partial charge in [0, 0.05) is 19.2 Å². The van der Waals surface area contributed by atoms with Crippen LogP contribution < -0.4 is 5.32 Å². The Bertz CT molecular complexity index is 109. The van der Waals surface area contributed by atoms with Crippen LogP contribution in [0.15, 0.2) is 0 Å². The lowest BCUT2D eigenvalue weighted by Crippen LogP contribution is -2.30. The second kappa shape index (κ2) is 8.48. The molecule has 0 aromatic heterocycles. The predicted molar refractivity (Wildman–Crippen MR) is 57.1 cm³/mol. The summed E-state index contributed by atoms with van der Waals surface area (Å²) in [7, 11) is 4.15. The summed E-state index contributed by atoms with van der Waals surface area (Å²) in [6.45, 7) is 8.07. The summed E-state index contributed by atoms with van der Waals surface area (Å²) in [5, 5.41) is 3.23. The molecule has 0 heterocycles. The highest BCUT2D eigenvalue weighted by Gasteiger charge is 2.01. The molecule has 13 heavy (non-hydrogen) atoms. The smallest absolute Gasteiger partial charge is 0.0593 e. The maximum atomic E-state index is 5.28. The van der Waals surface area contributed by atoms with E-state index in [-0.39, 0.29) is 0 Å². The van der Waals surface area contributed by atoms with Gasteiger partial charge < -0.3 is 15.0 Å². The van der Waals surface area contributed by atoms with Crippen LogP contribution in [-0.2, 0) is 4.74 Å². The van der Waals surface area contributed by atoms with Crippen molar-refractivity contribution >= 4 is 0 Å². The lowest BCUT2D eigenvalue weighted by Gasteiger charge is -2.18. The molecular formula is C10H24N2O. The van der Waals surface area contributed by atoms with Crippen LogP contribution in [0.4, 0.5) is 0 Å². The van der Waals surface area contributed by atoms with Crippen LogP contribution in [0.25, 0.3) is 0 Å². The van der Waals surface area contributed by atoms with E-state index >= 15 is 0 Å². The summed E-state index contributed by atoms with van der Waals surface area (Å²) in [5.41, 5.74) is 0. The Kier molecular flexibility index (Phi) is 8.40. The van der Waals surface area contributed by atoms with Crippen LogP contribution >= 0.6 is 0 Å². The molecule has 1 unspecified atom stereocenters. The van der Waals surface area contributed by atoms with E-state index in [0.29, 0.717) is 6.04 Å². The maximum absolute atomic E-state index is 5.28. The standard InChI is InChI=1S/C10H24N2O/c1-5-13-9-8-12(4)7-6-10(2)11-3/h10-11H,5-9H2,1-4H3. The van der Waals surface area contributed by atoms with Crippen LogP contribution in [0.1, 0.15) is 20.3 Å². The van der Waals surface area contributed by atoms with E-state index in [1.165, 1.54) is 6.42 Å². The van der Waals surface area contributed by atoms with E-state index < -0.39 is 0 Å². The van der Waals surface area contributed by atoms with Crippen LogP contribution in [0.2, 0.25) is 0 Å². The third kappa shape index (κ3) is 8.22. The Labute approximate surface area is 82.4 Å². The largest absolute Gasteiger partial charge is 0.380 e. The van der Waals surface area contributed by atoms with Crippen LogP contribution in [0.3, 0.4) is 0 Å². The molecule has 0 amide bonds. The van der Waals surface area contributed by atoms with E-state index in [2.05, 4.69) is 24.2 Å². The highest BCUT2D eigenvalue weighted by atomic mass is 16.5. The third-order valence-corrected chi connectivity index (χ3v) is 2.26. The van der Waals surface area contributed by atoms with Gasteiger partial charge in [-0.15, -0.1) is 0 Å². The minimum absolute atomic E-state index is 0.606. The van der Waals surface area contributed by atoms with Crippen molar-refractivity contribution in [2.45, 2.75) is 26.3 Å². The molecule has 0 saturated heterocycles. The molecule has 80 valence electrons. The molecule has 1 N–H and O–H groups in total. The molecule has 0 aromatic rings. The van der Waals surface area contributed by atoms with Crippen LogP contribution in [-0.4, -0.2) is 51.3 Å². The zero-order chi connectivity index (χ0) is 10.1.